The van der Waals surface area contributed by atoms with Gasteiger partial charge in [0.2, 0.25) is 5.91 Å². The van der Waals surface area contributed by atoms with E-state index in [1.54, 1.807) is 28.5 Å². The Labute approximate surface area is 204 Å². The highest BCUT2D eigenvalue weighted by Crippen LogP contribution is 2.33. The summed E-state index contributed by atoms with van der Waals surface area (Å²) in [6.45, 7) is 0.491. The predicted octanol–water partition coefficient (Wildman–Crippen LogP) is 3.64. The van der Waals surface area contributed by atoms with Crippen molar-refractivity contribution < 1.29 is 9.53 Å². The van der Waals surface area contributed by atoms with Crippen LogP contribution in [-0.4, -0.2) is 44.6 Å². The number of methoxy groups -OCH3 is 1. The summed E-state index contributed by atoms with van der Waals surface area (Å²) in [6, 6.07) is 14.7. The van der Waals surface area contributed by atoms with Crippen LogP contribution in [0, 0.1) is 0 Å². The van der Waals surface area contributed by atoms with Crippen LogP contribution in [0.3, 0.4) is 0 Å². The minimum atomic E-state index is -0.259. The number of nitrogens with one attached hydrogen (secondary N) is 1. The summed E-state index contributed by atoms with van der Waals surface area (Å²) in [5.41, 5.74) is 2.05. The highest BCUT2D eigenvalue weighted by Gasteiger charge is 2.29. The molecule has 4 aromatic rings. The fourth-order valence-corrected chi connectivity index (χ4v) is 5.42. The van der Waals surface area contributed by atoms with Gasteiger partial charge in [0.05, 0.1) is 25.0 Å². The average Bonchev–Trinajstić information content (AvgIpc) is 3.44. The van der Waals surface area contributed by atoms with Crippen LogP contribution in [0.2, 0.25) is 5.02 Å². The quantitative estimate of drug-likeness (QED) is 0.394. The third-order valence-electron chi connectivity index (χ3n) is 5.75. The number of hydrogen-bond donors (Lipinski definition) is 1. The maximum atomic E-state index is 13.3. The van der Waals surface area contributed by atoms with Crippen LogP contribution in [-0.2, 0) is 11.2 Å². The Balaban J connectivity index is 1.31. The highest BCUT2D eigenvalue weighted by atomic mass is 35.5. The third kappa shape index (κ3) is 4.28. The zero-order chi connectivity index (χ0) is 23.7. The van der Waals surface area contributed by atoms with Gasteiger partial charge in [-0.15, -0.1) is 0 Å². The Morgan fingerprint density at radius 1 is 1.26 bits per heavy atom. The summed E-state index contributed by atoms with van der Waals surface area (Å²) >= 11 is 7.59. The van der Waals surface area contributed by atoms with Gasteiger partial charge in [-0.25, -0.2) is 9.67 Å². The van der Waals surface area contributed by atoms with Gasteiger partial charge in [-0.05, 0) is 36.2 Å². The second kappa shape index (κ2) is 9.52. The lowest BCUT2D eigenvalue weighted by atomic mass is 10.1. The largest absolute Gasteiger partial charge is 0.496 e. The standard InChI is InChI=1S/C24H22ClN5O3S/c1-33-20-8-3-2-5-15(20)9-10-26-21(31)12-18-14-34-24-28-22-19(23(32)29(18)24)13-27-30(22)17-7-4-6-16(25)11-17/h2-8,11,13,18H,9-10,12,14H2,1H3,(H,26,31). The molecule has 1 aliphatic heterocycles. The van der Waals surface area contributed by atoms with Gasteiger partial charge >= 0.3 is 0 Å². The molecule has 1 N–H and O–H groups in total. The van der Waals surface area contributed by atoms with Crippen molar-refractivity contribution in [3.63, 3.8) is 0 Å². The number of hydrogen-bond acceptors (Lipinski definition) is 6. The minimum Gasteiger partial charge on any atom is -0.496 e. The van der Waals surface area contributed by atoms with E-state index in [4.69, 9.17) is 21.3 Å². The molecule has 0 spiro atoms. The summed E-state index contributed by atoms with van der Waals surface area (Å²) < 4.78 is 8.59. The summed E-state index contributed by atoms with van der Waals surface area (Å²) in [7, 11) is 1.63. The zero-order valence-corrected chi connectivity index (χ0v) is 20.0. The zero-order valence-electron chi connectivity index (χ0n) is 18.4. The lowest BCUT2D eigenvalue weighted by molar-refractivity contribution is -0.121. The number of ether oxygens (including phenoxy) is 1. The third-order valence-corrected chi connectivity index (χ3v) is 7.09. The second-order valence-electron chi connectivity index (χ2n) is 7.92. The highest BCUT2D eigenvalue weighted by molar-refractivity contribution is 7.99. The molecule has 0 aliphatic carbocycles. The topological polar surface area (TPSA) is 91.0 Å². The van der Waals surface area contributed by atoms with E-state index in [1.807, 2.05) is 36.4 Å². The molecule has 34 heavy (non-hydrogen) atoms. The van der Waals surface area contributed by atoms with E-state index in [2.05, 4.69) is 10.4 Å². The van der Waals surface area contributed by atoms with E-state index in [9.17, 15) is 9.59 Å². The van der Waals surface area contributed by atoms with Gasteiger partial charge in [-0.2, -0.15) is 5.10 Å². The van der Waals surface area contributed by atoms with Crippen molar-refractivity contribution >= 4 is 40.3 Å². The number of thioether (sulfide) groups is 1. The van der Waals surface area contributed by atoms with Gasteiger partial charge in [0.15, 0.2) is 10.8 Å². The fourth-order valence-electron chi connectivity index (χ4n) is 4.11. The van der Waals surface area contributed by atoms with Crippen LogP contribution in [0.15, 0.2) is 64.7 Å². The molecule has 1 atom stereocenters. The van der Waals surface area contributed by atoms with Crippen molar-refractivity contribution in [1.82, 2.24) is 24.6 Å². The molecule has 0 saturated carbocycles. The second-order valence-corrected chi connectivity index (χ2v) is 9.35. The van der Waals surface area contributed by atoms with Crippen LogP contribution >= 0.6 is 23.4 Å². The van der Waals surface area contributed by atoms with Gasteiger partial charge in [0, 0.05) is 23.7 Å². The minimum absolute atomic E-state index is 0.102. The molecule has 0 bridgehead atoms. The van der Waals surface area contributed by atoms with Crippen molar-refractivity contribution in [3.8, 4) is 11.4 Å². The fraction of sp³-hybridized carbons (Fsp3) is 0.250. The molecule has 10 heteroatoms. The van der Waals surface area contributed by atoms with E-state index in [0.717, 1.165) is 17.0 Å². The molecule has 8 nitrogen and oxygen atoms in total. The van der Waals surface area contributed by atoms with E-state index < -0.39 is 0 Å². The number of rotatable bonds is 7. The first kappa shape index (κ1) is 22.5. The molecule has 0 radical (unpaired) electrons. The molecule has 3 heterocycles. The summed E-state index contributed by atoms with van der Waals surface area (Å²) in [4.78, 5) is 30.6. The first-order valence-corrected chi connectivity index (χ1v) is 12.2. The number of carbonyl (C=O) groups excluding carboxylic acids is 1. The monoisotopic (exact) mass is 495 g/mol. The number of carbonyl (C=O) groups is 1. The summed E-state index contributed by atoms with van der Waals surface area (Å²) in [5, 5.41) is 8.90. The van der Waals surface area contributed by atoms with Crippen molar-refractivity contribution in [3.05, 3.63) is 75.7 Å². The molecule has 5 rings (SSSR count). The molecule has 2 aromatic carbocycles. The normalized spacial score (nSPS) is 14.8. The molecule has 174 valence electrons. The van der Waals surface area contributed by atoms with Gasteiger partial charge in [0.25, 0.3) is 5.56 Å². The summed E-state index contributed by atoms with van der Waals surface area (Å²) in [5.74, 6) is 1.31. The Bertz CT molecular complexity index is 1430. The predicted molar refractivity (Wildman–Crippen MR) is 132 cm³/mol. The summed E-state index contributed by atoms with van der Waals surface area (Å²) in [6.07, 6.45) is 2.39. The van der Waals surface area contributed by atoms with Gasteiger partial charge in [-0.3, -0.25) is 14.2 Å². The van der Waals surface area contributed by atoms with Crippen LogP contribution < -0.4 is 15.6 Å². The molecule has 0 saturated heterocycles. The number of para-hydroxylation sites is 1. The molecule has 1 unspecified atom stereocenters. The molecule has 1 aliphatic rings. The SMILES string of the molecule is COc1ccccc1CCNC(=O)CC1CSc2nc3c(cnn3-c3cccc(Cl)c3)c(=O)n21. The maximum absolute atomic E-state index is 13.3. The number of fused-ring (bicyclic) bond motifs is 2. The number of halogens is 1. The Morgan fingerprint density at radius 3 is 2.94 bits per heavy atom. The number of amides is 1. The molecule has 0 fully saturated rings. The maximum Gasteiger partial charge on any atom is 0.265 e. The van der Waals surface area contributed by atoms with Crippen molar-refractivity contribution in [2.24, 2.45) is 0 Å². The van der Waals surface area contributed by atoms with Crippen LogP contribution in [0.25, 0.3) is 16.7 Å². The Kier molecular flexibility index (Phi) is 6.30. The van der Waals surface area contributed by atoms with Crippen molar-refractivity contribution in [1.29, 1.82) is 0 Å². The average molecular weight is 496 g/mol. The van der Waals surface area contributed by atoms with E-state index in [1.165, 1.54) is 18.0 Å². The molecular weight excluding hydrogens is 474 g/mol. The lowest BCUT2D eigenvalue weighted by Gasteiger charge is -2.14. The van der Waals surface area contributed by atoms with Crippen LogP contribution in [0.1, 0.15) is 18.0 Å². The van der Waals surface area contributed by atoms with Gasteiger partial charge < -0.3 is 10.1 Å². The smallest absolute Gasteiger partial charge is 0.265 e. The van der Waals surface area contributed by atoms with E-state index in [-0.39, 0.29) is 23.9 Å². The van der Waals surface area contributed by atoms with Crippen LogP contribution in [0.4, 0.5) is 0 Å². The Morgan fingerprint density at radius 2 is 2.12 bits per heavy atom. The first-order chi connectivity index (χ1) is 16.5. The van der Waals surface area contributed by atoms with Gasteiger partial charge in [0.1, 0.15) is 11.1 Å². The number of benzene rings is 2. The van der Waals surface area contributed by atoms with Crippen molar-refractivity contribution in [2.45, 2.75) is 24.0 Å². The van der Waals surface area contributed by atoms with E-state index >= 15 is 0 Å². The molecule has 1 amide bonds. The number of aromatic nitrogens is 4. The number of nitrogens with zero attached hydrogens (tertiary/aromatic N) is 4. The van der Waals surface area contributed by atoms with Crippen LogP contribution in [0.5, 0.6) is 5.75 Å². The lowest BCUT2D eigenvalue weighted by Crippen LogP contribution is -2.31. The first-order valence-electron chi connectivity index (χ1n) is 10.8. The van der Waals surface area contributed by atoms with Crippen molar-refractivity contribution in [2.75, 3.05) is 19.4 Å². The van der Waals surface area contributed by atoms with Gasteiger partial charge in [-0.1, -0.05) is 47.6 Å². The Hall–Kier alpha value is -3.30. The molecule has 2 aromatic heterocycles. The van der Waals surface area contributed by atoms with E-state index in [0.29, 0.717) is 39.9 Å². The molecular formula is C24H22ClN5O3S.